The first-order valence-corrected chi connectivity index (χ1v) is 7.37. The molecule has 1 atom stereocenters. The van der Waals surface area contributed by atoms with E-state index in [9.17, 15) is 0 Å². The van der Waals surface area contributed by atoms with Crippen molar-refractivity contribution in [2.45, 2.75) is 39.7 Å². The second-order valence-corrected chi connectivity index (χ2v) is 5.52. The first kappa shape index (κ1) is 15.1. The van der Waals surface area contributed by atoms with Gasteiger partial charge < -0.3 is 9.73 Å². The standard InChI is InChI=1S/C15H22ClN3O/c1-5-7-17-13(14-10(2)6-8-20-14)9-12-11(3)18-19(4)15(12)16/h6,8,13,17H,5,7,9H2,1-4H3. The highest BCUT2D eigenvalue weighted by molar-refractivity contribution is 6.30. The van der Waals surface area contributed by atoms with Crippen molar-refractivity contribution in [1.82, 2.24) is 15.1 Å². The number of aryl methyl sites for hydroxylation is 3. The highest BCUT2D eigenvalue weighted by atomic mass is 35.5. The van der Waals surface area contributed by atoms with Crippen LogP contribution < -0.4 is 5.32 Å². The van der Waals surface area contributed by atoms with E-state index in [1.54, 1.807) is 10.9 Å². The van der Waals surface area contributed by atoms with E-state index in [0.717, 1.165) is 42.0 Å². The first-order chi connectivity index (χ1) is 9.54. The number of nitrogens with zero attached hydrogens (tertiary/aromatic N) is 2. The predicted molar refractivity (Wildman–Crippen MR) is 81.1 cm³/mol. The maximum Gasteiger partial charge on any atom is 0.130 e. The number of furan rings is 1. The van der Waals surface area contributed by atoms with Crippen LogP contribution in [0.25, 0.3) is 0 Å². The fourth-order valence-corrected chi connectivity index (χ4v) is 2.68. The minimum Gasteiger partial charge on any atom is -0.467 e. The molecule has 2 aromatic rings. The molecule has 0 fully saturated rings. The van der Waals surface area contributed by atoms with Crippen LogP contribution in [0.4, 0.5) is 0 Å². The summed E-state index contributed by atoms with van der Waals surface area (Å²) in [7, 11) is 1.87. The SMILES string of the molecule is CCCNC(Cc1c(C)nn(C)c1Cl)c1occc1C. The Labute approximate surface area is 125 Å². The van der Waals surface area contributed by atoms with Gasteiger partial charge in [-0.1, -0.05) is 18.5 Å². The largest absolute Gasteiger partial charge is 0.467 e. The van der Waals surface area contributed by atoms with Gasteiger partial charge in [0.2, 0.25) is 0 Å². The second-order valence-electron chi connectivity index (χ2n) is 5.16. The molecule has 0 spiro atoms. The van der Waals surface area contributed by atoms with E-state index in [4.69, 9.17) is 16.0 Å². The lowest BCUT2D eigenvalue weighted by Gasteiger charge is -2.17. The molecule has 0 amide bonds. The van der Waals surface area contributed by atoms with E-state index in [1.807, 2.05) is 20.0 Å². The summed E-state index contributed by atoms with van der Waals surface area (Å²) in [5, 5.41) is 8.61. The summed E-state index contributed by atoms with van der Waals surface area (Å²) in [6.07, 6.45) is 3.60. The molecule has 0 saturated carbocycles. The average molecular weight is 296 g/mol. The Morgan fingerprint density at radius 1 is 1.45 bits per heavy atom. The number of halogens is 1. The first-order valence-electron chi connectivity index (χ1n) is 7.00. The Balaban J connectivity index is 2.26. The third kappa shape index (κ3) is 3.07. The van der Waals surface area contributed by atoms with Gasteiger partial charge in [0.15, 0.2) is 0 Å². The number of hydrogen-bond acceptors (Lipinski definition) is 3. The maximum atomic E-state index is 6.34. The van der Waals surface area contributed by atoms with E-state index in [1.165, 1.54) is 0 Å². The maximum absolute atomic E-state index is 6.34. The lowest BCUT2D eigenvalue weighted by Crippen LogP contribution is -2.24. The minimum absolute atomic E-state index is 0.130. The van der Waals surface area contributed by atoms with Gasteiger partial charge in [0, 0.05) is 12.6 Å². The molecule has 5 heteroatoms. The summed E-state index contributed by atoms with van der Waals surface area (Å²) in [5.41, 5.74) is 3.22. The smallest absolute Gasteiger partial charge is 0.130 e. The Morgan fingerprint density at radius 2 is 2.20 bits per heavy atom. The van der Waals surface area contributed by atoms with Crippen molar-refractivity contribution in [1.29, 1.82) is 0 Å². The molecule has 0 radical (unpaired) electrons. The van der Waals surface area contributed by atoms with Crippen LogP contribution in [-0.4, -0.2) is 16.3 Å². The summed E-state index contributed by atoms with van der Waals surface area (Å²) in [5.74, 6) is 0.984. The molecule has 110 valence electrons. The zero-order chi connectivity index (χ0) is 14.7. The molecule has 4 nitrogen and oxygen atoms in total. The van der Waals surface area contributed by atoms with Gasteiger partial charge in [0.05, 0.1) is 18.0 Å². The Bertz CT molecular complexity index is 574. The van der Waals surface area contributed by atoms with Crippen LogP contribution in [0, 0.1) is 13.8 Å². The van der Waals surface area contributed by atoms with Crippen molar-refractivity contribution in [3.05, 3.63) is 40.1 Å². The van der Waals surface area contributed by atoms with Crippen LogP contribution in [0.5, 0.6) is 0 Å². The highest BCUT2D eigenvalue weighted by Crippen LogP contribution is 2.27. The normalized spacial score (nSPS) is 12.8. The molecule has 1 N–H and O–H groups in total. The van der Waals surface area contributed by atoms with Crippen molar-refractivity contribution in [3.63, 3.8) is 0 Å². The van der Waals surface area contributed by atoms with E-state index < -0.39 is 0 Å². The van der Waals surface area contributed by atoms with Gasteiger partial charge in [-0.05, 0) is 44.9 Å². The van der Waals surface area contributed by atoms with Gasteiger partial charge in [0.1, 0.15) is 10.9 Å². The lowest BCUT2D eigenvalue weighted by atomic mass is 10.0. The lowest BCUT2D eigenvalue weighted by molar-refractivity contribution is 0.407. The van der Waals surface area contributed by atoms with Crippen molar-refractivity contribution >= 4 is 11.6 Å². The molecule has 0 aliphatic carbocycles. The monoisotopic (exact) mass is 295 g/mol. The van der Waals surface area contributed by atoms with Gasteiger partial charge in [0.25, 0.3) is 0 Å². The zero-order valence-corrected chi connectivity index (χ0v) is 13.3. The molecule has 0 aromatic carbocycles. The molecular formula is C15H22ClN3O. The van der Waals surface area contributed by atoms with Gasteiger partial charge >= 0.3 is 0 Å². The Kier molecular flexibility index (Phi) is 4.89. The number of hydrogen-bond donors (Lipinski definition) is 1. The Morgan fingerprint density at radius 3 is 2.70 bits per heavy atom. The summed E-state index contributed by atoms with van der Waals surface area (Å²) < 4.78 is 7.37. The molecule has 0 aliphatic heterocycles. The van der Waals surface area contributed by atoms with Gasteiger partial charge in [-0.15, -0.1) is 0 Å². The van der Waals surface area contributed by atoms with E-state index >= 15 is 0 Å². The summed E-state index contributed by atoms with van der Waals surface area (Å²) >= 11 is 6.34. The van der Waals surface area contributed by atoms with E-state index in [-0.39, 0.29) is 6.04 Å². The summed E-state index contributed by atoms with van der Waals surface area (Å²) in [4.78, 5) is 0. The van der Waals surface area contributed by atoms with Crippen LogP contribution in [0.1, 0.15) is 42.0 Å². The van der Waals surface area contributed by atoms with E-state index in [0.29, 0.717) is 5.15 Å². The number of nitrogens with one attached hydrogen (secondary N) is 1. The number of rotatable bonds is 6. The molecule has 2 heterocycles. The van der Waals surface area contributed by atoms with Crippen LogP contribution >= 0.6 is 11.6 Å². The van der Waals surface area contributed by atoms with Crippen LogP contribution in [0.3, 0.4) is 0 Å². The molecule has 0 saturated heterocycles. The number of aromatic nitrogens is 2. The van der Waals surface area contributed by atoms with Gasteiger partial charge in [-0.3, -0.25) is 4.68 Å². The molecule has 0 bridgehead atoms. The van der Waals surface area contributed by atoms with Crippen molar-refractivity contribution in [2.24, 2.45) is 7.05 Å². The van der Waals surface area contributed by atoms with Crippen molar-refractivity contribution < 1.29 is 4.42 Å². The van der Waals surface area contributed by atoms with Crippen LogP contribution in [0.2, 0.25) is 5.15 Å². The summed E-state index contributed by atoms with van der Waals surface area (Å²) in [6, 6.07) is 2.12. The molecule has 2 aromatic heterocycles. The molecule has 1 unspecified atom stereocenters. The third-order valence-corrected chi connectivity index (χ3v) is 4.01. The van der Waals surface area contributed by atoms with Gasteiger partial charge in [-0.25, -0.2) is 0 Å². The Hall–Kier alpha value is -1.26. The van der Waals surface area contributed by atoms with Gasteiger partial charge in [-0.2, -0.15) is 5.10 Å². The van der Waals surface area contributed by atoms with Crippen molar-refractivity contribution in [3.8, 4) is 0 Å². The summed E-state index contributed by atoms with van der Waals surface area (Å²) in [6.45, 7) is 7.16. The van der Waals surface area contributed by atoms with Crippen LogP contribution in [0.15, 0.2) is 16.7 Å². The molecular weight excluding hydrogens is 274 g/mol. The fraction of sp³-hybridized carbons (Fsp3) is 0.533. The van der Waals surface area contributed by atoms with Crippen LogP contribution in [-0.2, 0) is 13.5 Å². The minimum atomic E-state index is 0.130. The van der Waals surface area contributed by atoms with Crippen molar-refractivity contribution in [2.75, 3.05) is 6.54 Å². The van der Waals surface area contributed by atoms with E-state index in [2.05, 4.69) is 24.3 Å². The molecule has 2 rings (SSSR count). The third-order valence-electron chi connectivity index (χ3n) is 3.54. The second kappa shape index (κ2) is 6.46. The average Bonchev–Trinajstić information content (AvgIpc) is 2.93. The topological polar surface area (TPSA) is 43.0 Å². The molecule has 20 heavy (non-hydrogen) atoms. The zero-order valence-electron chi connectivity index (χ0n) is 12.5. The predicted octanol–water partition coefficient (Wildman–Crippen LogP) is 3.57. The fourth-order valence-electron chi connectivity index (χ4n) is 2.43. The molecule has 0 aliphatic rings. The quantitative estimate of drug-likeness (QED) is 0.886. The highest BCUT2D eigenvalue weighted by Gasteiger charge is 2.21.